The van der Waals surface area contributed by atoms with Crippen LogP contribution in [-0.2, 0) is 0 Å². The maximum Gasteiger partial charge on any atom is 0.231 e. The van der Waals surface area contributed by atoms with Crippen molar-refractivity contribution in [3.63, 3.8) is 0 Å². The second kappa shape index (κ2) is 6.68. The molecule has 8 heteroatoms. The smallest absolute Gasteiger partial charge is 0.231 e. The van der Waals surface area contributed by atoms with E-state index in [0.29, 0.717) is 34.6 Å². The summed E-state index contributed by atoms with van der Waals surface area (Å²) in [6.45, 7) is 2.01. The molecular weight excluding hydrogens is 359 g/mol. The van der Waals surface area contributed by atoms with Gasteiger partial charge in [-0.05, 0) is 37.3 Å². The van der Waals surface area contributed by atoms with E-state index < -0.39 is 5.82 Å². The molecule has 0 saturated carbocycles. The first-order valence-corrected chi connectivity index (χ1v) is 8.19. The maximum absolute atomic E-state index is 13.3. The number of ether oxygens (including phenoxy) is 2. The number of fused-ring (bicyclic) bond motifs is 1. The molecule has 0 bridgehead atoms. The van der Waals surface area contributed by atoms with Crippen molar-refractivity contribution < 1.29 is 13.9 Å². The largest absolute Gasteiger partial charge is 0.454 e. The van der Waals surface area contributed by atoms with Crippen molar-refractivity contribution in [1.82, 2.24) is 9.97 Å². The molecule has 26 heavy (non-hydrogen) atoms. The number of nitrogens with zero attached hydrogens (tertiary/aromatic N) is 2. The zero-order chi connectivity index (χ0) is 18.1. The standard InChI is InChI=1S/C18H14ClFN4O2/c1-10-21-17(23-11-2-4-14(20)13(19)6-11)8-18(22-10)24-12-3-5-15-16(7-12)26-9-25-15/h2-8H,9H2,1H3,(H2,21,22,23,24). The molecule has 0 saturated heterocycles. The van der Waals surface area contributed by atoms with Gasteiger partial charge in [-0.25, -0.2) is 14.4 Å². The van der Waals surface area contributed by atoms with Crippen molar-refractivity contribution in [3.05, 3.63) is 59.1 Å². The minimum Gasteiger partial charge on any atom is -0.454 e. The molecule has 0 radical (unpaired) electrons. The fraction of sp³-hybridized carbons (Fsp3) is 0.111. The predicted octanol–water partition coefficient (Wildman–Crippen LogP) is 4.79. The Labute approximate surface area is 154 Å². The molecule has 1 aromatic heterocycles. The lowest BCUT2D eigenvalue weighted by Crippen LogP contribution is -2.01. The van der Waals surface area contributed by atoms with E-state index in [9.17, 15) is 4.39 Å². The third-order valence-electron chi connectivity index (χ3n) is 3.67. The van der Waals surface area contributed by atoms with Crippen LogP contribution in [0.4, 0.5) is 27.4 Å². The van der Waals surface area contributed by atoms with Gasteiger partial charge in [0.2, 0.25) is 6.79 Å². The van der Waals surface area contributed by atoms with Crippen LogP contribution in [0.2, 0.25) is 5.02 Å². The predicted molar refractivity (Wildman–Crippen MR) is 97.3 cm³/mol. The van der Waals surface area contributed by atoms with Gasteiger partial charge in [-0.15, -0.1) is 0 Å². The van der Waals surface area contributed by atoms with Crippen molar-refractivity contribution in [3.8, 4) is 11.5 Å². The van der Waals surface area contributed by atoms with Crippen LogP contribution in [0.25, 0.3) is 0 Å². The van der Waals surface area contributed by atoms with Gasteiger partial charge in [-0.3, -0.25) is 0 Å². The van der Waals surface area contributed by atoms with Crippen molar-refractivity contribution in [1.29, 1.82) is 0 Å². The van der Waals surface area contributed by atoms with E-state index in [2.05, 4.69) is 20.6 Å². The summed E-state index contributed by atoms with van der Waals surface area (Å²) in [5.74, 6) is 2.66. The molecule has 0 fully saturated rings. The van der Waals surface area contributed by atoms with Crippen LogP contribution < -0.4 is 20.1 Å². The fourth-order valence-electron chi connectivity index (χ4n) is 2.54. The molecule has 132 valence electrons. The first-order valence-electron chi connectivity index (χ1n) is 7.81. The van der Waals surface area contributed by atoms with Crippen molar-refractivity contribution >= 4 is 34.6 Å². The Morgan fingerprint density at radius 2 is 1.58 bits per heavy atom. The topological polar surface area (TPSA) is 68.3 Å². The lowest BCUT2D eigenvalue weighted by molar-refractivity contribution is 0.174. The molecule has 0 unspecified atom stereocenters. The first kappa shape index (κ1) is 16.4. The summed E-state index contributed by atoms with van der Waals surface area (Å²) in [5, 5.41) is 6.34. The summed E-state index contributed by atoms with van der Waals surface area (Å²) in [6, 6.07) is 11.7. The van der Waals surface area contributed by atoms with Gasteiger partial charge in [-0.2, -0.15) is 0 Å². The van der Waals surface area contributed by atoms with E-state index in [-0.39, 0.29) is 11.8 Å². The van der Waals surface area contributed by atoms with E-state index in [4.69, 9.17) is 21.1 Å². The van der Waals surface area contributed by atoms with Crippen LogP contribution in [0.3, 0.4) is 0 Å². The highest BCUT2D eigenvalue weighted by molar-refractivity contribution is 6.31. The fourth-order valence-corrected chi connectivity index (χ4v) is 2.72. The summed E-state index contributed by atoms with van der Waals surface area (Å²) >= 11 is 5.81. The van der Waals surface area contributed by atoms with E-state index in [1.54, 1.807) is 19.1 Å². The molecular formula is C18H14ClFN4O2. The first-order chi connectivity index (χ1) is 12.6. The third kappa shape index (κ3) is 3.48. The number of nitrogens with one attached hydrogen (secondary N) is 2. The number of benzene rings is 2. The number of aromatic nitrogens is 2. The summed E-state index contributed by atoms with van der Waals surface area (Å²) in [6.07, 6.45) is 0. The van der Waals surface area contributed by atoms with Gasteiger partial charge >= 0.3 is 0 Å². The molecule has 2 N–H and O–H groups in total. The van der Waals surface area contributed by atoms with Gasteiger partial charge in [0.1, 0.15) is 23.3 Å². The summed E-state index contributed by atoms with van der Waals surface area (Å²) in [7, 11) is 0. The molecule has 1 aliphatic rings. The van der Waals surface area contributed by atoms with Crippen LogP contribution in [0.1, 0.15) is 5.82 Å². The average Bonchev–Trinajstić information content (AvgIpc) is 3.05. The van der Waals surface area contributed by atoms with Gasteiger partial charge in [0.05, 0.1) is 5.02 Å². The van der Waals surface area contributed by atoms with Crippen LogP contribution in [0, 0.1) is 12.7 Å². The van der Waals surface area contributed by atoms with Crippen LogP contribution in [-0.4, -0.2) is 16.8 Å². The Morgan fingerprint density at radius 1 is 0.923 bits per heavy atom. The second-order valence-electron chi connectivity index (χ2n) is 5.63. The van der Waals surface area contributed by atoms with E-state index in [0.717, 1.165) is 5.69 Å². The Hall–Kier alpha value is -3.06. The van der Waals surface area contributed by atoms with E-state index in [1.165, 1.54) is 12.1 Å². The molecule has 4 rings (SSSR count). The highest BCUT2D eigenvalue weighted by Gasteiger charge is 2.13. The molecule has 0 amide bonds. The lowest BCUT2D eigenvalue weighted by atomic mass is 10.2. The number of hydrogen-bond donors (Lipinski definition) is 2. The molecule has 2 heterocycles. The number of hydrogen-bond acceptors (Lipinski definition) is 6. The summed E-state index contributed by atoms with van der Waals surface area (Å²) in [5.41, 5.74) is 1.44. The normalized spacial score (nSPS) is 12.1. The summed E-state index contributed by atoms with van der Waals surface area (Å²) in [4.78, 5) is 8.71. The molecule has 0 spiro atoms. The third-order valence-corrected chi connectivity index (χ3v) is 3.96. The quantitative estimate of drug-likeness (QED) is 0.686. The second-order valence-corrected chi connectivity index (χ2v) is 6.04. The van der Waals surface area contributed by atoms with Gasteiger partial charge in [0.25, 0.3) is 0 Å². The van der Waals surface area contributed by atoms with Gasteiger partial charge < -0.3 is 20.1 Å². The Bertz CT molecular complexity index is 983. The molecule has 6 nitrogen and oxygen atoms in total. The van der Waals surface area contributed by atoms with E-state index >= 15 is 0 Å². The maximum atomic E-state index is 13.3. The van der Waals surface area contributed by atoms with Crippen LogP contribution in [0.5, 0.6) is 11.5 Å². The van der Waals surface area contributed by atoms with Crippen LogP contribution in [0.15, 0.2) is 42.5 Å². The van der Waals surface area contributed by atoms with Crippen molar-refractivity contribution in [2.24, 2.45) is 0 Å². The van der Waals surface area contributed by atoms with Crippen LogP contribution >= 0.6 is 11.6 Å². The molecule has 1 aliphatic heterocycles. The van der Waals surface area contributed by atoms with Crippen molar-refractivity contribution in [2.75, 3.05) is 17.4 Å². The average molecular weight is 373 g/mol. The molecule has 2 aromatic carbocycles. The minimum atomic E-state index is -0.471. The van der Waals surface area contributed by atoms with Gasteiger partial charge in [0, 0.05) is 23.5 Å². The lowest BCUT2D eigenvalue weighted by Gasteiger charge is -2.11. The van der Waals surface area contributed by atoms with Gasteiger partial charge in [-0.1, -0.05) is 11.6 Å². The molecule has 0 aliphatic carbocycles. The molecule has 3 aromatic rings. The number of aryl methyl sites for hydroxylation is 1. The SMILES string of the molecule is Cc1nc(Nc2ccc(F)c(Cl)c2)cc(Nc2ccc3c(c2)OCO3)n1. The Kier molecular flexibility index (Phi) is 4.22. The zero-order valence-electron chi connectivity index (χ0n) is 13.7. The highest BCUT2D eigenvalue weighted by atomic mass is 35.5. The Morgan fingerprint density at radius 3 is 2.31 bits per heavy atom. The zero-order valence-corrected chi connectivity index (χ0v) is 14.5. The minimum absolute atomic E-state index is 0.0412. The van der Waals surface area contributed by atoms with Gasteiger partial charge in [0.15, 0.2) is 11.5 Å². The molecule has 0 atom stereocenters. The number of anilines is 4. The number of rotatable bonds is 4. The number of halogens is 2. The van der Waals surface area contributed by atoms with E-state index in [1.807, 2.05) is 18.2 Å². The van der Waals surface area contributed by atoms with Crippen molar-refractivity contribution in [2.45, 2.75) is 6.92 Å². The highest BCUT2D eigenvalue weighted by Crippen LogP contribution is 2.35. The summed E-state index contributed by atoms with van der Waals surface area (Å²) < 4.78 is 24.0. The monoisotopic (exact) mass is 372 g/mol. The Balaban J connectivity index is 1.56.